The summed E-state index contributed by atoms with van der Waals surface area (Å²) in [7, 11) is 3.35. The number of nitrogens with two attached hydrogens (primary N) is 1. The molecule has 0 spiro atoms. The molecule has 6 nitrogen and oxygen atoms in total. The molecule has 1 aromatic carbocycles. The number of hydrogen-bond donors (Lipinski definition) is 2. The van der Waals surface area contributed by atoms with Gasteiger partial charge in [-0.05, 0) is 37.1 Å². The Hall–Kier alpha value is -2.08. The highest BCUT2D eigenvalue weighted by Crippen LogP contribution is 2.28. The van der Waals surface area contributed by atoms with Gasteiger partial charge in [-0.3, -0.25) is 9.59 Å². The summed E-state index contributed by atoms with van der Waals surface area (Å²) >= 11 is 0. The van der Waals surface area contributed by atoms with Crippen LogP contribution in [-0.4, -0.2) is 43.0 Å². The van der Waals surface area contributed by atoms with Crippen LogP contribution in [0.3, 0.4) is 0 Å². The lowest BCUT2D eigenvalue weighted by Crippen LogP contribution is -2.48. The van der Waals surface area contributed by atoms with Crippen molar-refractivity contribution in [3.05, 3.63) is 24.3 Å². The van der Waals surface area contributed by atoms with Crippen LogP contribution in [0.15, 0.2) is 24.3 Å². The Labute approximate surface area is 130 Å². The van der Waals surface area contributed by atoms with Crippen molar-refractivity contribution in [2.75, 3.05) is 26.0 Å². The molecule has 1 saturated carbocycles. The molecule has 0 aromatic heterocycles. The lowest BCUT2D eigenvalue weighted by atomic mass is 9.98. The number of hydrogen-bond acceptors (Lipinski definition) is 4. The number of carbonyl (C=O) groups excluding carboxylic acids is 2. The van der Waals surface area contributed by atoms with E-state index in [0.29, 0.717) is 11.4 Å². The predicted octanol–water partition coefficient (Wildman–Crippen LogP) is 1.36. The van der Waals surface area contributed by atoms with Gasteiger partial charge in [0.15, 0.2) is 6.61 Å². The van der Waals surface area contributed by atoms with Crippen LogP contribution in [0, 0.1) is 0 Å². The number of likely N-dealkylation sites (N-methyl/N-ethyl adjacent to an activating group) is 1. The predicted molar refractivity (Wildman–Crippen MR) is 84.6 cm³/mol. The average molecular weight is 305 g/mol. The Morgan fingerprint density at radius 1 is 1.23 bits per heavy atom. The second kappa shape index (κ2) is 6.79. The molecule has 0 unspecified atom stereocenters. The Bertz CT molecular complexity index is 534. The maximum absolute atomic E-state index is 12.2. The molecule has 6 heteroatoms. The van der Waals surface area contributed by atoms with E-state index in [2.05, 4.69) is 5.32 Å². The van der Waals surface area contributed by atoms with Crippen molar-refractivity contribution < 1.29 is 14.3 Å². The lowest BCUT2D eigenvalue weighted by Gasteiger charge is -2.22. The van der Waals surface area contributed by atoms with Crippen LogP contribution in [0.4, 0.5) is 5.69 Å². The zero-order valence-electron chi connectivity index (χ0n) is 13.1. The normalized spacial score (nSPS) is 16.1. The molecular formula is C16H23N3O3. The molecule has 0 heterocycles. The minimum absolute atomic E-state index is 0.00931. The van der Waals surface area contributed by atoms with E-state index in [4.69, 9.17) is 10.5 Å². The van der Waals surface area contributed by atoms with E-state index in [1.807, 2.05) is 0 Å². The Morgan fingerprint density at radius 3 is 2.36 bits per heavy atom. The van der Waals surface area contributed by atoms with Crippen LogP contribution in [-0.2, 0) is 9.59 Å². The second-order valence-corrected chi connectivity index (χ2v) is 5.92. The van der Waals surface area contributed by atoms with Gasteiger partial charge in [-0.1, -0.05) is 12.8 Å². The second-order valence-electron chi connectivity index (χ2n) is 5.92. The van der Waals surface area contributed by atoms with E-state index in [0.717, 1.165) is 25.7 Å². The van der Waals surface area contributed by atoms with Crippen molar-refractivity contribution in [1.29, 1.82) is 0 Å². The molecular weight excluding hydrogens is 282 g/mol. The molecule has 0 bridgehead atoms. The maximum atomic E-state index is 12.2. The van der Waals surface area contributed by atoms with Crippen LogP contribution in [0.25, 0.3) is 0 Å². The van der Waals surface area contributed by atoms with Crippen LogP contribution in [0.2, 0.25) is 0 Å². The summed E-state index contributed by atoms with van der Waals surface area (Å²) in [5.74, 6) is 0.335. The van der Waals surface area contributed by atoms with Gasteiger partial charge < -0.3 is 20.7 Å². The van der Waals surface area contributed by atoms with Crippen molar-refractivity contribution >= 4 is 17.5 Å². The summed E-state index contributed by atoms with van der Waals surface area (Å²) in [6.07, 6.45) is 3.45. The fourth-order valence-electron chi connectivity index (χ4n) is 2.40. The number of benzene rings is 1. The van der Waals surface area contributed by atoms with Crippen molar-refractivity contribution in [2.24, 2.45) is 5.73 Å². The van der Waals surface area contributed by atoms with Crippen molar-refractivity contribution in [3.8, 4) is 5.75 Å². The number of ether oxygens (including phenoxy) is 1. The summed E-state index contributed by atoms with van der Waals surface area (Å²) in [6, 6.07) is 6.92. The lowest BCUT2D eigenvalue weighted by molar-refractivity contribution is -0.130. The standard InChI is InChI=1S/C16H23N3O3/c1-19(2)14(20)11-22-13-7-5-12(6-8-13)18-15(21)16(17)9-3-4-10-16/h5-8H,3-4,9-11,17H2,1-2H3,(H,18,21). The quantitative estimate of drug-likeness (QED) is 0.860. The van der Waals surface area contributed by atoms with E-state index >= 15 is 0 Å². The molecule has 1 fully saturated rings. The Morgan fingerprint density at radius 2 is 1.82 bits per heavy atom. The number of anilines is 1. The summed E-state index contributed by atoms with van der Waals surface area (Å²) in [4.78, 5) is 25.1. The number of amides is 2. The zero-order chi connectivity index (χ0) is 16.2. The third kappa shape index (κ3) is 3.98. The van der Waals surface area contributed by atoms with Crippen LogP contribution in [0.1, 0.15) is 25.7 Å². The third-order valence-electron chi connectivity index (χ3n) is 3.92. The van der Waals surface area contributed by atoms with Gasteiger partial charge in [-0.2, -0.15) is 0 Å². The fourth-order valence-corrected chi connectivity index (χ4v) is 2.40. The summed E-state index contributed by atoms with van der Waals surface area (Å²) in [5, 5.41) is 2.84. The highest BCUT2D eigenvalue weighted by Gasteiger charge is 2.36. The molecule has 2 amide bonds. The van der Waals surface area contributed by atoms with Crippen LogP contribution < -0.4 is 15.8 Å². The van der Waals surface area contributed by atoms with Gasteiger partial charge >= 0.3 is 0 Å². The first kappa shape index (κ1) is 16.3. The Kier molecular flexibility index (Phi) is 5.03. The molecule has 1 aromatic rings. The van der Waals surface area contributed by atoms with Gasteiger partial charge in [0, 0.05) is 19.8 Å². The van der Waals surface area contributed by atoms with E-state index in [1.54, 1.807) is 38.4 Å². The summed E-state index contributed by atoms with van der Waals surface area (Å²) < 4.78 is 5.38. The van der Waals surface area contributed by atoms with Gasteiger partial charge in [0.05, 0.1) is 5.54 Å². The van der Waals surface area contributed by atoms with Gasteiger partial charge in [-0.15, -0.1) is 0 Å². The molecule has 0 aliphatic heterocycles. The van der Waals surface area contributed by atoms with Gasteiger partial charge in [-0.25, -0.2) is 0 Å². The topological polar surface area (TPSA) is 84.7 Å². The largest absolute Gasteiger partial charge is 0.484 e. The number of nitrogens with zero attached hydrogens (tertiary/aromatic N) is 1. The van der Waals surface area contributed by atoms with E-state index in [1.165, 1.54) is 4.90 Å². The molecule has 3 N–H and O–H groups in total. The molecule has 2 rings (SSSR count). The van der Waals surface area contributed by atoms with E-state index in [-0.39, 0.29) is 18.4 Å². The first-order valence-corrected chi connectivity index (χ1v) is 7.44. The molecule has 1 aliphatic rings. The molecule has 0 atom stereocenters. The number of nitrogens with one attached hydrogen (secondary N) is 1. The first-order chi connectivity index (χ1) is 10.4. The molecule has 22 heavy (non-hydrogen) atoms. The minimum atomic E-state index is -0.743. The number of carbonyl (C=O) groups is 2. The third-order valence-corrected chi connectivity index (χ3v) is 3.92. The van der Waals surface area contributed by atoms with Crippen LogP contribution in [0.5, 0.6) is 5.75 Å². The smallest absolute Gasteiger partial charge is 0.259 e. The first-order valence-electron chi connectivity index (χ1n) is 7.44. The Balaban J connectivity index is 1.89. The van der Waals surface area contributed by atoms with Crippen LogP contribution >= 0.6 is 0 Å². The number of rotatable bonds is 5. The molecule has 0 radical (unpaired) electrons. The zero-order valence-corrected chi connectivity index (χ0v) is 13.1. The van der Waals surface area contributed by atoms with Crippen molar-refractivity contribution in [2.45, 2.75) is 31.2 Å². The van der Waals surface area contributed by atoms with Gasteiger partial charge in [0.2, 0.25) is 5.91 Å². The summed E-state index contributed by atoms with van der Waals surface area (Å²) in [5.41, 5.74) is 6.04. The maximum Gasteiger partial charge on any atom is 0.259 e. The monoisotopic (exact) mass is 305 g/mol. The van der Waals surface area contributed by atoms with Gasteiger partial charge in [0.1, 0.15) is 5.75 Å². The fraction of sp³-hybridized carbons (Fsp3) is 0.500. The van der Waals surface area contributed by atoms with Gasteiger partial charge in [0.25, 0.3) is 5.91 Å². The van der Waals surface area contributed by atoms with Crippen molar-refractivity contribution in [1.82, 2.24) is 4.90 Å². The highest BCUT2D eigenvalue weighted by molar-refractivity contribution is 5.98. The molecule has 120 valence electrons. The van der Waals surface area contributed by atoms with E-state index < -0.39 is 5.54 Å². The summed E-state index contributed by atoms with van der Waals surface area (Å²) in [6.45, 7) is -0.00931. The molecule has 1 aliphatic carbocycles. The van der Waals surface area contributed by atoms with Crippen molar-refractivity contribution in [3.63, 3.8) is 0 Å². The van der Waals surface area contributed by atoms with E-state index in [9.17, 15) is 9.59 Å². The minimum Gasteiger partial charge on any atom is -0.484 e. The molecule has 0 saturated heterocycles. The highest BCUT2D eigenvalue weighted by atomic mass is 16.5. The SMILES string of the molecule is CN(C)C(=O)COc1ccc(NC(=O)C2(N)CCCC2)cc1. The average Bonchev–Trinajstić information content (AvgIpc) is 2.94.